The molecule has 0 saturated carbocycles. The highest BCUT2D eigenvalue weighted by Gasteiger charge is 2.09. The van der Waals surface area contributed by atoms with Gasteiger partial charge in [-0.05, 0) is 49.2 Å². The molecule has 2 rings (SSSR count). The van der Waals surface area contributed by atoms with Crippen LogP contribution in [0.1, 0.15) is 37.8 Å². The Morgan fingerprint density at radius 3 is 1.46 bits per heavy atom. The van der Waals surface area contributed by atoms with Crippen molar-refractivity contribution >= 4 is 54.7 Å². The quantitative estimate of drug-likeness (QED) is 0.363. The second-order valence-corrected chi connectivity index (χ2v) is 7.09. The SMILES string of the molecule is CC/C(=N/N=C(/CC)c1ccc(Br)cc1N)c1ccc(Br)cc1N. The van der Waals surface area contributed by atoms with Crippen LogP contribution in [0.5, 0.6) is 0 Å². The lowest BCUT2D eigenvalue weighted by Gasteiger charge is -2.09. The smallest absolute Gasteiger partial charge is 0.0720 e. The minimum absolute atomic E-state index is 0.682. The highest BCUT2D eigenvalue weighted by atomic mass is 79.9. The minimum Gasteiger partial charge on any atom is -0.398 e. The molecule has 0 radical (unpaired) electrons. The maximum atomic E-state index is 6.10. The van der Waals surface area contributed by atoms with Gasteiger partial charge in [-0.25, -0.2) is 0 Å². The molecule has 24 heavy (non-hydrogen) atoms. The largest absolute Gasteiger partial charge is 0.398 e. The van der Waals surface area contributed by atoms with Crippen molar-refractivity contribution < 1.29 is 0 Å². The zero-order valence-electron chi connectivity index (χ0n) is 13.7. The Balaban J connectivity index is 2.43. The Kier molecular flexibility index (Phi) is 6.57. The van der Waals surface area contributed by atoms with Crippen LogP contribution in [0.3, 0.4) is 0 Å². The Hall–Kier alpha value is -1.66. The van der Waals surface area contributed by atoms with Crippen LogP contribution in [-0.4, -0.2) is 11.4 Å². The molecule has 0 unspecified atom stereocenters. The van der Waals surface area contributed by atoms with E-state index in [-0.39, 0.29) is 0 Å². The number of hydrogen-bond acceptors (Lipinski definition) is 4. The van der Waals surface area contributed by atoms with Crippen LogP contribution in [0.2, 0.25) is 0 Å². The van der Waals surface area contributed by atoms with E-state index in [1.165, 1.54) is 0 Å². The van der Waals surface area contributed by atoms with E-state index in [2.05, 4.69) is 42.1 Å². The van der Waals surface area contributed by atoms with Crippen molar-refractivity contribution in [3.63, 3.8) is 0 Å². The van der Waals surface area contributed by atoms with Crippen LogP contribution in [0, 0.1) is 0 Å². The van der Waals surface area contributed by atoms with Gasteiger partial charge in [-0.15, -0.1) is 0 Å². The topological polar surface area (TPSA) is 76.8 Å². The fourth-order valence-corrected chi connectivity index (χ4v) is 3.10. The first-order valence-corrected chi connectivity index (χ1v) is 9.29. The van der Waals surface area contributed by atoms with E-state index in [0.717, 1.165) is 44.3 Å². The highest BCUT2D eigenvalue weighted by Crippen LogP contribution is 2.22. The van der Waals surface area contributed by atoms with Gasteiger partial charge in [-0.3, -0.25) is 0 Å². The Bertz CT molecular complexity index is 730. The van der Waals surface area contributed by atoms with Crippen molar-refractivity contribution in [1.29, 1.82) is 0 Å². The van der Waals surface area contributed by atoms with Crippen LogP contribution >= 0.6 is 31.9 Å². The Morgan fingerprint density at radius 2 is 1.17 bits per heavy atom. The molecule has 0 spiro atoms. The number of hydrogen-bond donors (Lipinski definition) is 2. The number of halogens is 2. The number of nitrogens with two attached hydrogens (primary N) is 2. The molecule has 0 aliphatic carbocycles. The standard InChI is InChI=1S/C18H20Br2N4/c1-3-17(13-7-5-11(19)9-15(13)21)23-24-18(4-2)14-8-6-12(20)10-16(14)22/h5-10H,3-4,21-22H2,1-2H3/b23-17-,24-18-. The second kappa shape index (κ2) is 8.44. The maximum Gasteiger partial charge on any atom is 0.0720 e. The Morgan fingerprint density at radius 1 is 0.792 bits per heavy atom. The monoisotopic (exact) mass is 450 g/mol. The van der Waals surface area contributed by atoms with Gasteiger partial charge >= 0.3 is 0 Å². The fraction of sp³-hybridized carbons (Fsp3) is 0.222. The molecule has 0 aromatic heterocycles. The van der Waals surface area contributed by atoms with E-state index in [0.29, 0.717) is 11.4 Å². The third kappa shape index (κ3) is 4.45. The summed E-state index contributed by atoms with van der Waals surface area (Å²) in [6, 6.07) is 11.6. The van der Waals surface area contributed by atoms with Crippen LogP contribution in [0.25, 0.3) is 0 Å². The van der Waals surface area contributed by atoms with Crippen molar-refractivity contribution in [2.45, 2.75) is 26.7 Å². The lowest BCUT2D eigenvalue weighted by molar-refractivity contribution is 1.13. The second-order valence-electron chi connectivity index (χ2n) is 5.26. The molecule has 4 N–H and O–H groups in total. The van der Waals surface area contributed by atoms with Crippen molar-refractivity contribution in [3.05, 3.63) is 56.5 Å². The van der Waals surface area contributed by atoms with Gasteiger partial charge in [-0.2, -0.15) is 10.2 Å². The number of anilines is 2. The van der Waals surface area contributed by atoms with E-state index in [9.17, 15) is 0 Å². The molecule has 126 valence electrons. The minimum atomic E-state index is 0.682. The molecule has 4 nitrogen and oxygen atoms in total. The fourth-order valence-electron chi connectivity index (χ4n) is 2.34. The summed E-state index contributed by atoms with van der Waals surface area (Å²) in [4.78, 5) is 0. The van der Waals surface area contributed by atoms with Crippen LogP contribution < -0.4 is 11.5 Å². The average molecular weight is 452 g/mol. The van der Waals surface area contributed by atoms with Crippen LogP contribution in [-0.2, 0) is 0 Å². The van der Waals surface area contributed by atoms with Gasteiger partial charge in [0.25, 0.3) is 0 Å². The number of rotatable bonds is 5. The first-order valence-electron chi connectivity index (χ1n) is 7.70. The molecular formula is C18H20Br2N4. The normalized spacial score (nSPS) is 12.5. The summed E-state index contributed by atoms with van der Waals surface area (Å²) in [5.41, 5.74) is 17.1. The summed E-state index contributed by atoms with van der Waals surface area (Å²) in [6.07, 6.45) is 1.48. The summed E-state index contributed by atoms with van der Waals surface area (Å²) in [7, 11) is 0. The number of benzene rings is 2. The predicted molar refractivity (Wildman–Crippen MR) is 111 cm³/mol. The van der Waals surface area contributed by atoms with Crippen molar-refractivity contribution in [2.75, 3.05) is 11.5 Å². The van der Waals surface area contributed by atoms with Crippen LogP contribution in [0.4, 0.5) is 11.4 Å². The third-order valence-corrected chi connectivity index (χ3v) is 4.60. The van der Waals surface area contributed by atoms with Gasteiger partial charge in [0, 0.05) is 31.4 Å². The van der Waals surface area contributed by atoms with Gasteiger partial charge in [0.05, 0.1) is 11.4 Å². The summed E-state index contributed by atoms with van der Waals surface area (Å²) < 4.78 is 1.89. The van der Waals surface area contributed by atoms with Gasteiger partial charge < -0.3 is 11.5 Å². The van der Waals surface area contributed by atoms with E-state index in [1.807, 2.05) is 50.2 Å². The molecule has 0 bridgehead atoms. The summed E-state index contributed by atoms with van der Waals surface area (Å²) in [5, 5.41) is 8.91. The summed E-state index contributed by atoms with van der Waals surface area (Å²) >= 11 is 6.84. The predicted octanol–water partition coefficient (Wildman–Crippen LogP) is 5.39. The lowest BCUT2D eigenvalue weighted by atomic mass is 10.1. The van der Waals surface area contributed by atoms with Crippen LogP contribution in [0.15, 0.2) is 55.5 Å². The zero-order valence-corrected chi connectivity index (χ0v) is 16.9. The van der Waals surface area contributed by atoms with Crippen molar-refractivity contribution in [1.82, 2.24) is 0 Å². The molecule has 0 heterocycles. The molecule has 6 heteroatoms. The molecule has 2 aromatic rings. The first kappa shape index (κ1) is 18.7. The summed E-state index contributed by atoms with van der Waals surface area (Å²) in [6.45, 7) is 4.07. The average Bonchev–Trinajstić information content (AvgIpc) is 2.54. The number of nitrogens with zero attached hydrogens (tertiary/aromatic N) is 2. The highest BCUT2D eigenvalue weighted by molar-refractivity contribution is 9.10. The molecule has 0 aliphatic heterocycles. The molecule has 0 saturated heterocycles. The molecular weight excluding hydrogens is 432 g/mol. The van der Waals surface area contributed by atoms with Gasteiger partial charge in [-0.1, -0.05) is 45.7 Å². The van der Waals surface area contributed by atoms with Gasteiger partial charge in [0.15, 0.2) is 0 Å². The van der Waals surface area contributed by atoms with Gasteiger partial charge in [0.1, 0.15) is 0 Å². The van der Waals surface area contributed by atoms with Gasteiger partial charge in [0.2, 0.25) is 0 Å². The molecule has 0 amide bonds. The summed E-state index contributed by atoms with van der Waals surface area (Å²) in [5.74, 6) is 0. The van der Waals surface area contributed by atoms with Crippen molar-refractivity contribution in [3.8, 4) is 0 Å². The van der Waals surface area contributed by atoms with E-state index in [1.54, 1.807) is 0 Å². The number of nitrogen functional groups attached to an aromatic ring is 2. The maximum absolute atomic E-state index is 6.10. The molecule has 0 atom stereocenters. The third-order valence-electron chi connectivity index (χ3n) is 3.61. The first-order chi connectivity index (χ1) is 11.5. The Labute approximate surface area is 159 Å². The van der Waals surface area contributed by atoms with E-state index < -0.39 is 0 Å². The lowest BCUT2D eigenvalue weighted by Crippen LogP contribution is -2.06. The van der Waals surface area contributed by atoms with E-state index in [4.69, 9.17) is 11.5 Å². The van der Waals surface area contributed by atoms with E-state index >= 15 is 0 Å². The van der Waals surface area contributed by atoms with Crippen molar-refractivity contribution in [2.24, 2.45) is 10.2 Å². The molecule has 0 fully saturated rings. The zero-order chi connectivity index (χ0) is 17.7. The molecule has 0 aliphatic rings. The molecule has 2 aromatic carbocycles.